The first-order valence-electron chi connectivity index (χ1n) is 4.30. The van der Waals surface area contributed by atoms with E-state index in [1.54, 1.807) is 0 Å². The van der Waals surface area contributed by atoms with E-state index < -0.39 is 11.7 Å². The standard InChI is InChI=1S/C10H6BrF3N2/c11-9-6-3-5(10(12,13)14)1-2-8(6)16-4-7(9)15/h1-4H,15H2. The summed E-state index contributed by atoms with van der Waals surface area (Å²) in [6.07, 6.45) is -2.96. The van der Waals surface area contributed by atoms with Gasteiger partial charge in [-0.05, 0) is 34.1 Å². The zero-order valence-electron chi connectivity index (χ0n) is 7.85. The van der Waals surface area contributed by atoms with Crippen LogP contribution in [0.1, 0.15) is 5.56 Å². The molecule has 0 saturated heterocycles. The van der Waals surface area contributed by atoms with E-state index in [0.717, 1.165) is 12.1 Å². The number of nitrogens with zero attached hydrogens (tertiary/aromatic N) is 1. The third-order valence-electron chi connectivity index (χ3n) is 2.16. The molecule has 0 aliphatic rings. The molecule has 1 aromatic carbocycles. The van der Waals surface area contributed by atoms with Crippen LogP contribution in [0.4, 0.5) is 18.9 Å². The fourth-order valence-electron chi connectivity index (χ4n) is 1.35. The van der Waals surface area contributed by atoms with Gasteiger partial charge in [0.05, 0.1) is 27.4 Å². The summed E-state index contributed by atoms with van der Waals surface area (Å²) >= 11 is 3.15. The van der Waals surface area contributed by atoms with E-state index in [1.165, 1.54) is 12.3 Å². The highest BCUT2D eigenvalue weighted by Crippen LogP contribution is 2.34. The third-order valence-corrected chi connectivity index (χ3v) is 3.04. The van der Waals surface area contributed by atoms with Crippen molar-refractivity contribution in [1.29, 1.82) is 0 Å². The largest absolute Gasteiger partial charge is 0.416 e. The van der Waals surface area contributed by atoms with Crippen molar-refractivity contribution in [1.82, 2.24) is 4.98 Å². The van der Waals surface area contributed by atoms with Gasteiger partial charge in [-0.2, -0.15) is 13.2 Å². The van der Waals surface area contributed by atoms with E-state index >= 15 is 0 Å². The van der Waals surface area contributed by atoms with Gasteiger partial charge < -0.3 is 5.73 Å². The molecule has 2 N–H and O–H groups in total. The highest BCUT2D eigenvalue weighted by molar-refractivity contribution is 9.10. The first kappa shape index (κ1) is 11.2. The molecule has 0 aliphatic carbocycles. The van der Waals surface area contributed by atoms with Crippen molar-refractivity contribution >= 4 is 32.5 Å². The molecule has 84 valence electrons. The van der Waals surface area contributed by atoms with Crippen LogP contribution in [0.5, 0.6) is 0 Å². The number of fused-ring (bicyclic) bond motifs is 1. The zero-order chi connectivity index (χ0) is 11.9. The van der Waals surface area contributed by atoms with Crippen LogP contribution in [-0.4, -0.2) is 4.98 Å². The molecule has 1 heterocycles. The molecule has 2 rings (SSSR count). The summed E-state index contributed by atoms with van der Waals surface area (Å²) in [5, 5.41) is 0.356. The van der Waals surface area contributed by atoms with E-state index in [2.05, 4.69) is 20.9 Å². The van der Waals surface area contributed by atoms with E-state index in [0.29, 0.717) is 21.1 Å². The number of rotatable bonds is 0. The van der Waals surface area contributed by atoms with Crippen molar-refractivity contribution in [3.63, 3.8) is 0 Å². The highest BCUT2D eigenvalue weighted by atomic mass is 79.9. The Bertz CT molecular complexity index is 551. The molecule has 0 saturated carbocycles. The predicted octanol–water partition coefficient (Wildman–Crippen LogP) is 3.60. The van der Waals surface area contributed by atoms with E-state index in [9.17, 15) is 13.2 Å². The van der Waals surface area contributed by atoms with Crippen molar-refractivity contribution in [2.75, 3.05) is 5.73 Å². The monoisotopic (exact) mass is 290 g/mol. The van der Waals surface area contributed by atoms with Crippen molar-refractivity contribution in [3.05, 3.63) is 34.4 Å². The topological polar surface area (TPSA) is 38.9 Å². The molecule has 0 spiro atoms. The molecular weight excluding hydrogens is 285 g/mol. The predicted molar refractivity (Wildman–Crippen MR) is 58.9 cm³/mol. The van der Waals surface area contributed by atoms with Crippen LogP contribution in [0.2, 0.25) is 0 Å². The lowest BCUT2D eigenvalue weighted by Crippen LogP contribution is -2.04. The molecule has 1 aromatic heterocycles. The van der Waals surface area contributed by atoms with Gasteiger partial charge in [-0.1, -0.05) is 0 Å². The lowest BCUT2D eigenvalue weighted by molar-refractivity contribution is -0.137. The third kappa shape index (κ3) is 1.84. The Labute approximate surface area is 97.4 Å². The van der Waals surface area contributed by atoms with Crippen LogP contribution in [0.25, 0.3) is 10.9 Å². The van der Waals surface area contributed by atoms with Crippen LogP contribution < -0.4 is 5.73 Å². The Balaban J connectivity index is 2.74. The minimum Gasteiger partial charge on any atom is -0.397 e. The fourth-order valence-corrected chi connectivity index (χ4v) is 1.77. The van der Waals surface area contributed by atoms with Crippen molar-refractivity contribution < 1.29 is 13.2 Å². The van der Waals surface area contributed by atoms with Gasteiger partial charge in [0.2, 0.25) is 0 Å². The molecule has 6 heteroatoms. The van der Waals surface area contributed by atoms with Crippen LogP contribution in [0.3, 0.4) is 0 Å². The second-order valence-corrected chi connectivity index (χ2v) is 4.05. The summed E-state index contributed by atoms with van der Waals surface area (Å²) in [4.78, 5) is 3.94. The summed E-state index contributed by atoms with van der Waals surface area (Å²) in [6.45, 7) is 0. The summed E-state index contributed by atoms with van der Waals surface area (Å²) in [7, 11) is 0. The fraction of sp³-hybridized carbons (Fsp3) is 0.100. The van der Waals surface area contributed by atoms with Gasteiger partial charge in [0, 0.05) is 5.39 Å². The van der Waals surface area contributed by atoms with E-state index in [-0.39, 0.29) is 0 Å². The van der Waals surface area contributed by atoms with E-state index in [4.69, 9.17) is 5.73 Å². The first-order valence-corrected chi connectivity index (χ1v) is 5.10. The van der Waals surface area contributed by atoms with Crippen molar-refractivity contribution in [2.45, 2.75) is 6.18 Å². The summed E-state index contributed by atoms with van der Waals surface area (Å²) in [5.74, 6) is 0. The number of aromatic nitrogens is 1. The molecule has 0 amide bonds. The van der Waals surface area contributed by atoms with Crippen molar-refractivity contribution in [2.24, 2.45) is 0 Å². The SMILES string of the molecule is Nc1cnc2ccc(C(F)(F)F)cc2c1Br. The van der Waals surface area contributed by atoms with E-state index in [1.807, 2.05) is 0 Å². The minimum absolute atomic E-state index is 0.312. The minimum atomic E-state index is -4.36. The lowest BCUT2D eigenvalue weighted by atomic mass is 10.1. The van der Waals surface area contributed by atoms with Gasteiger partial charge in [0.25, 0.3) is 0 Å². The molecule has 0 fully saturated rings. The number of anilines is 1. The lowest BCUT2D eigenvalue weighted by Gasteiger charge is -2.09. The first-order chi connectivity index (χ1) is 7.39. The maximum Gasteiger partial charge on any atom is 0.416 e. The maximum absolute atomic E-state index is 12.5. The molecule has 0 unspecified atom stereocenters. The van der Waals surface area contributed by atoms with Crippen molar-refractivity contribution in [3.8, 4) is 0 Å². The Hall–Kier alpha value is -1.30. The molecule has 16 heavy (non-hydrogen) atoms. The molecule has 0 radical (unpaired) electrons. The highest BCUT2D eigenvalue weighted by Gasteiger charge is 2.30. The van der Waals surface area contributed by atoms with Gasteiger partial charge >= 0.3 is 6.18 Å². The molecular formula is C10H6BrF3N2. The second-order valence-electron chi connectivity index (χ2n) is 3.26. The van der Waals surface area contributed by atoms with Crippen LogP contribution in [0, 0.1) is 0 Å². The average molecular weight is 291 g/mol. The van der Waals surface area contributed by atoms with Crippen LogP contribution >= 0.6 is 15.9 Å². The van der Waals surface area contributed by atoms with Gasteiger partial charge in [-0.3, -0.25) is 4.98 Å². The number of halogens is 4. The van der Waals surface area contributed by atoms with Gasteiger partial charge in [-0.25, -0.2) is 0 Å². The molecule has 0 aliphatic heterocycles. The van der Waals surface area contributed by atoms with Gasteiger partial charge in [0.15, 0.2) is 0 Å². The number of nitrogens with two attached hydrogens (primary N) is 1. The molecule has 0 atom stereocenters. The van der Waals surface area contributed by atoms with Gasteiger partial charge in [-0.15, -0.1) is 0 Å². The average Bonchev–Trinajstić information content (AvgIpc) is 2.22. The quantitative estimate of drug-likeness (QED) is 0.805. The Morgan fingerprint density at radius 3 is 2.56 bits per heavy atom. The number of hydrogen-bond acceptors (Lipinski definition) is 2. The molecule has 2 aromatic rings. The number of nitrogen functional groups attached to an aromatic ring is 1. The maximum atomic E-state index is 12.5. The normalized spacial score (nSPS) is 12.0. The Morgan fingerprint density at radius 2 is 1.94 bits per heavy atom. The summed E-state index contributed by atoms with van der Waals surface area (Å²) in [5.41, 5.74) is 5.62. The molecule has 0 bridgehead atoms. The Kier molecular flexibility index (Phi) is 2.53. The summed E-state index contributed by atoms with van der Waals surface area (Å²) in [6, 6.07) is 3.35. The molecule has 2 nitrogen and oxygen atoms in total. The number of alkyl halides is 3. The smallest absolute Gasteiger partial charge is 0.397 e. The number of benzene rings is 1. The summed E-state index contributed by atoms with van der Waals surface area (Å²) < 4.78 is 37.9. The number of pyridine rings is 1. The second kappa shape index (κ2) is 3.62. The van der Waals surface area contributed by atoms with Gasteiger partial charge in [0.1, 0.15) is 0 Å². The Morgan fingerprint density at radius 1 is 1.25 bits per heavy atom. The van der Waals surface area contributed by atoms with Crippen LogP contribution in [-0.2, 0) is 6.18 Å². The van der Waals surface area contributed by atoms with Crippen LogP contribution in [0.15, 0.2) is 28.9 Å². The zero-order valence-corrected chi connectivity index (χ0v) is 9.43. The number of hydrogen-bond donors (Lipinski definition) is 1.